The Labute approximate surface area is 175 Å². The number of benzene rings is 1. The number of rotatable bonds is 6. The van der Waals surface area contributed by atoms with Crippen LogP contribution < -0.4 is 21.5 Å². The van der Waals surface area contributed by atoms with Crippen molar-refractivity contribution in [3.05, 3.63) is 44.2 Å². The number of phenols is 1. The van der Waals surface area contributed by atoms with E-state index in [1.54, 1.807) is 26.2 Å². The van der Waals surface area contributed by atoms with Crippen molar-refractivity contribution in [2.45, 2.75) is 51.0 Å². The van der Waals surface area contributed by atoms with Crippen LogP contribution in [0, 0.1) is 11.8 Å². The molecular formula is C23H29N3O4. The highest BCUT2D eigenvalue weighted by atomic mass is 16.3. The topological polar surface area (TPSA) is 98.7 Å². The number of hydrogen-bond acceptors (Lipinski definition) is 6. The molecule has 0 saturated heterocycles. The molecule has 0 spiro atoms. The molecule has 2 aromatic rings. The molecule has 2 aliphatic carbocycles. The first-order chi connectivity index (χ1) is 14.4. The zero-order valence-corrected chi connectivity index (χ0v) is 17.5. The van der Waals surface area contributed by atoms with Crippen LogP contribution in [0.25, 0.3) is 0 Å². The van der Waals surface area contributed by atoms with E-state index < -0.39 is 10.9 Å². The number of phenolic OH excluding ortho intramolecular Hbond substituents is 1. The van der Waals surface area contributed by atoms with E-state index in [0.29, 0.717) is 17.5 Å². The number of aromatic hydroxyl groups is 1. The molecule has 7 nitrogen and oxygen atoms in total. The summed E-state index contributed by atoms with van der Waals surface area (Å²) in [5, 5.41) is 16.8. The van der Waals surface area contributed by atoms with E-state index in [9.17, 15) is 19.5 Å². The third kappa shape index (κ3) is 3.57. The molecule has 4 rings (SSSR count). The van der Waals surface area contributed by atoms with E-state index >= 15 is 0 Å². The lowest BCUT2D eigenvalue weighted by molar-refractivity contribution is 0.0824. The number of nitrogens with one attached hydrogen (secondary N) is 2. The van der Waals surface area contributed by atoms with E-state index in [1.165, 1.54) is 36.6 Å². The van der Waals surface area contributed by atoms with E-state index in [2.05, 4.69) is 10.6 Å². The standard InChI is InChI=1S/C23H29N3O4/c1-26(2)23(30)15-10-6-12-17(20(15)27)25-19-18(21(28)22(19)29)24-16-11-5-9-14(16)13-7-3-4-8-13/h6,10,12-14,16,24-25,27H,3-5,7-9,11H2,1-2H3/t14-,16+/m1/s1. The highest BCUT2D eigenvalue weighted by Crippen LogP contribution is 2.42. The Kier molecular flexibility index (Phi) is 5.54. The zero-order chi connectivity index (χ0) is 21.4. The summed E-state index contributed by atoms with van der Waals surface area (Å²) < 4.78 is 0. The van der Waals surface area contributed by atoms with Crippen molar-refractivity contribution < 1.29 is 9.90 Å². The van der Waals surface area contributed by atoms with E-state index in [-0.39, 0.29) is 34.6 Å². The molecule has 0 bridgehead atoms. The second kappa shape index (κ2) is 8.13. The highest BCUT2D eigenvalue weighted by molar-refractivity contribution is 5.99. The average Bonchev–Trinajstić information content (AvgIpc) is 3.42. The van der Waals surface area contributed by atoms with Gasteiger partial charge in [0.25, 0.3) is 16.8 Å². The molecule has 2 aromatic carbocycles. The number of hydrogen-bond donors (Lipinski definition) is 3. The van der Waals surface area contributed by atoms with E-state index in [4.69, 9.17) is 0 Å². The molecule has 2 aliphatic rings. The van der Waals surface area contributed by atoms with Crippen molar-refractivity contribution in [3.63, 3.8) is 0 Å². The molecule has 1 amide bonds. The lowest BCUT2D eigenvalue weighted by atomic mass is 9.86. The van der Waals surface area contributed by atoms with Gasteiger partial charge in [0.1, 0.15) is 11.4 Å². The van der Waals surface area contributed by atoms with Gasteiger partial charge in [-0.3, -0.25) is 14.4 Å². The Morgan fingerprint density at radius 3 is 2.40 bits per heavy atom. The van der Waals surface area contributed by atoms with Gasteiger partial charge in [0.05, 0.1) is 11.3 Å². The number of carbonyl (C=O) groups excluding carboxylic acids is 1. The molecule has 2 saturated carbocycles. The molecular weight excluding hydrogens is 382 g/mol. The van der Waals surface area contributed by atoms with E-state index in [1.807, 2.05) is 0 Å². The Bertz CT molecular complexity index is 1020. The molecule has 3 N–H and O–H groups in total. The minimum Gasteiger partial charge on any atom is -0.505 e. The molecule has 0 radical (unpaired) electrons. The predicted molar refractivity (Wildman–Crippen MR) is 117 cm³/mol. The molecule has 0 aliphatic heterocycles. The largest absolute Gasteiger partial charge is 0.505 e. The van der Waals surface area contributed by atoms with Crippen molar-refractivity contribution >= 4 is 23.0 Å². The first-order valence-corrected chi connectivity index (χ1v) is 10.8. The van der Waals surface area contributed by atoms with Gasteiger partial charge in [-0.1, -0.05) is 38.2 Å². The molecule has 30 heavy (non-hydrogen) atoms. The Balaban J connectivity index is 1.56. The number of amides is 1. The van der Waals surface area contributed by atoms with Crippen LogP contribution in [0.15, 0.2) is 27.8 Å². The van der Waals surface area contributed by atoms with Gasteiger partial charge in [-0.05, 0) is 36.8 Å². The van der Waals surface area contributed by atoms with Crippen molar-refractivity contribution in [1.82, 2.24) is 4.90 Å². The van der Waals surface area contributed by atoms with Crippen LogP contribution in [0.5, 0.6) is 5.75 Å². The highest BCUT2D eigenvalue weighted by Gasteiger charge is 2.36. The van der Waals surface area contributed by atoms with E-state index in [0.717, 1.165) is 19.3 Å². The maximum atomic E-state index is 12.3. The van der Waals surface area contributed by atoms with Gasteiger partial charge in [-0.25, -0.2) is 0 Å². The van der Waals surface area contributed by atoms with Gasteiger partial charge in [-0.15, -0.1) is 0 Å². The van der Waals surface area contributed by atoms with Gasteiger partial charge in [0.15, 0.2) is 5.75 Å². The quantitative estimate of drug-likeness (QED) is 0.499. The number of para-hydroxylation sites is 1. The number of nitrogens with zero attached hydrogens (tertiary/aromatic N) is 1. The predicted octanol–water partition coefficient (Wildman–Crippen LogP) is 3.20. The normalized spacial score (nSPS) is 21.8. The van der Waals surface area contributed by atoms with Crippen LogP contribution in [0.2, 0.25) is 0 Å². The summed E-state index contributed by atoms with van der Waals surface area (Å²) in [6, 6.07) is 4.94. The summed E-state index contributed by atoms with van der Waals surface area (Å²) in [5.41, 5.74) is -0.279. The van der Waals surface area contributed by atoms with Crippen molar-refractivity contribution in [3.8, 4) is 5.75 Å². The fraction of sp³-hybridized carbons (Fsp3) is 0.522. The maximum Gasteiger partial charge on any atom is 0.257 e. The van der Waals surface area contributed by atoms with Crippen LogP contribution in [-0.2, 0) is 0 Å². The minimum atomic E-state index is -0.600. The summed E-state index contributed by atoms with van der Waals surface area (Å²) in [6.07, 6.45) is 8.35. The van der Waals surface area contributed by atoms with Crippen LogP contribution in [0.4, 0.5) is 17.1 Å². The Hall–Kier alpha value is -2.83. The lowest BCUT2D eigenvalue weighted by Gasteiger charge is -2.28. The zero-order valence-electron chi connectivity index (χ0n) is 17.5. The van der Waals surface area contributed by atoms with Crippen LogP contribution >= 0.6 is 0 Å². The monoisotopic (exact) mass is 411 g/mol. The summed E-state index contributed by atoms with van der Waals surface area (Å²) in [6.45, 7) is 0. The smallest absolute Gasteiger partial charge is 0.257 e. The number of carbonyl (C=O) groups is 1. The summed E-state index contributed by atoms with van der Waals surface area (Å²) in [7, 11) is 3.20. The molecule has 0 aromatic heterocycles. The number of anilines is 3. The molecule has 0 unspecified atom stereocenters. The maximum absolute atomic E-state index is 12.3. The van der Waals surface area contributed by atoms with Gasteiger partial charge < -0.3 is 20.6 Å². The van der Waals surface area contributed by atoms with Crippen molar-refractivity contribution in [2.24, 2.45) is 11.8 Å². The minimum absolute atomic E-state index is 0.135. The molecule has 0 heterocycles. The third-order valence-corrected chi connectivity index (χ3v) is 6.75. The molecule has 160 valence electrons. The van der Waals surface area contributed by atoms with Crippen LogP contribution in [-0.4, -0.2) is 36.1 Å². The van der Waals surface area contributed by atoms with Gasteiger partial charge in [-0.2, -0.15) is 0 Å². The summed E-state index contributed by atoms with van der Waals surface area (Å²) >= 11 is 0. The summed E-state index contributed by atoms with van der Waals surface area (Å²) in [4.78, 5) is 38.2. The molecule has 7 heteroatoms. The SMILES string of the molecule is CN(C)C(=O)c1cccc(Nc2c(N[C@H]3CCC[C@@H]3C3CCCC3)c(=O)c2=O)c1O. The molecule has 2 fully saturated rings. The van der Waals surface area contributed by atoms with Crippen LogP contribution in [0.1, 0.15) is 55.3 Å². The Morgan fingerprint density at radius 1 is 1.00 bits per heavy atom. The van der Waals surface area contributed by atoms with Crippen molar-refractivity contribution in [2.75, 3.05) is 24.7 Å². The first-order valence-electron chi connectivity index (χ1n) is 10.8. The first kappa shape index (κ1) is 20.4. The van der Waals surface area contributed by atoms with Gasteiger partial charge in [0, 0.05) is 20.1 Å². The second-order valence-electron chi connectivity index (χ2n) is 8.82. The Morgan fingerprint density at radius 2 is 1.70 bits per heavy atom. The van der Waals surface area contributed by atoms with Crippen LogP contribution in [0.3, 0.4) is 0 Å². The lowest BCUT2D eigenvalue weighted by Crippen LogP contribution is -2.40. The fourth-order valence-corrected chi connectivity index (χ4v) is 5.14. The molecule has 2 atom stereocenters. The van der Waals surface area contributed by atoms with Gasteiger partial charge in [0.2, 0.25) is 0 Å². The fourth-order valence-electron chi connectivity index (χ4n) is 5.14. The van der Waals surface area contributed by atoms with Crippen molar-refractivity contribution in [1.29, 1.82) is 0 Å². The van der Waals surface area contributed by atoms with Gasteiger partial charge >= 0.3 is 0 Å². The summed E-state index contributed by atoms with van der Waals surface area (Å²) in [5.74, 6) is 0.662. The second-order valence-corrected chi connectivity index (χ2v) is 8.82. The third-order valence-electron chi connectivity index (χ3n) is 6.75. The average molecular weight is 412 g/mol.